The van der Waals surface area contributed by atoms with Crippen LogP contribution in [0.25, 0.3) is 21.6 Å². The van der Waals surface area contributed by atoms with Crippen LogP contribution in [0.4, 0.5) is 5.69 Å². The number of hydrogen-bond donors (Lipinski definition) is 1. The van der Waals surface area contributed by atoms with Crippen LogP contribution in [-0.2, 0) is 16.9 Å². The molecule has 9 heteroatoms. The maximum atomic E-state index is 13.2. The number of benzene rings is 1. The molecule has 154 valence electrons. The Balaban J connectivity index is 1.79. The van der Waals surface area contributed by atoms with E-state index in [1.54, 1.807) is 36.9 Å². The van der Waals surface area contributed by atoms with Gasteiger partial charge in [0, 0.05) is 12.7 Å². The highest BCUT2D eigenvalue weighted by molar-refractivity contribution is 7.91. The second-order valence-corrected chi connectivity index (χ2v) is 10.1. The summed E-state index contributed by atoms with van der Waals surface area (Å²) in [6.07, 6.45) is 0. The molecule has 0 saturated carbocycles. The van der Waals surface area contributed by atoms with Crippen LogP contribution >= 0.6 is 11.3 Å². The predicted octanol–water partition coefficient (Wildman–Crippen LogP) is 4.05. The van der Waals surface area contributed by atoms with E-state index in [-0.39, 0.29) is 16.6 Å². The molecule has 0 fully saturated rings. The van der Waals surface area contributed by atoms with Crippen LogP contribution in [0, 0.1) is 6.92 Å². The van der Waals surface area contributed by atoms with E-state index in [1.165, 1.54) is 23.5 Å². The number of fused-ring (bicyclic) bond motifs is 1. The molecule has 3 aromatic heterocycles. The number of nitrogens with one attached hydrogen (secondary N) is 1. The minimum absolute atomic E-state index is 0.00553. The van der Waals surface area contributed by atoms with Gasteiger partial charge in [0.05, 0.1) is 37.9 Å². The topological polar surface area (TPSA) is 93.9 Å². The summed E-state index contributed by atoms with van der Waals surface area (Å²) in [7, 11) is -1.58. The zero-order valence-corrected chi connectivity index (χ0v) is 18.3. The number of aryl methyl sites for hydroxylation is 2. The molecule has 4 aromatic rings. The molecule has 0 unspecified atom stereocenters. The SMILES string of the molecule is CCS(=O)(=O)c1cccc(NC(=O)c2cc(-c3cccs3)nc3c2c(C)nn3C)c1. The monoisotopic (exact) mass is 440 g/mol. The first kappa shape index (κ1) is 20.2. The molecule has 0 saturated heterocycles. The van der Waals surface area contributed by atoms with Crippen LogP contribution < -0.4 is 5.32 Å². The lowest BCUT2D eigenvalue weighted by Gasteiger charge is -2.10. The van der Waals surface area contributed by atoms with Gasteiger partial charge in [0.25, 0.3) is 5.91 Å². The Morgan fingerprint density at radius 1 is 1.20 bits per heavy atom. The number of anilines is 1. The Kier molecular flexibility index (Phi) is 5.17. The quantitative estimate of drug-likeness (QED) is 0.505. The lowest BCUT2D eigenvalue weighted by atomic mass is 10.1. The Bertz CT molecular complexity index is 1360. The molecule has 1 amide bonds. The number of amides is 1. The predicted molar refractivity (Wildman–Crippen MR) is 119 cm³/mol. The first-order valence-corrected chi connectivity index (χ1v) is 11.9. The fourth-order valence-corrected chi connectivity index (χ4v) is 4.92. The van der Waals surface area contributed by atoms with E-state index in [4.69, 9.17) is 4.98 Å². The van der Waals surface area contributed by atoms with E-state index in [0.717, 1.165) is 4.88 Å². The molecule has 7 nitrogen and oxygen atoms in total. The molecule has 1 N–H and O–H groups in total. The van der Waals surface area contributed by atoms with E-state index < -0.39 is 9.84 Å². The van der Waals surface area contributed by atoms with Crippen LogP contribution in [0.2, 0.25) is 0 Å². The lowest BCUT2D eigenvalue weighted by molar-refractivity contribution is 0.102. The van der Waals surface area contributed by atoms with Gasteiger partial charge in [-0.3, -0.25) is 9.48 Å². The summed E-state index contributed by atoms with van der Waals surface area (Å²) < 4.78 is 26.0. The van der Waals surface area contributed by atoms with Crippen LogP contribution in [0.5, 0.6) is 0 Å². The van der Waals surface area contributed by atoms with Crippen molar-refractivity contribution in [1.82, 2.24) is 14.8 Å². The minimum atomic E-state index is -3.37. The van der Waals surface area contributed by atoms with Crippen molar-refractivity contribution < 1.29 is 13.2 Å². The molecular weight excluding hydrogens is 420 g/mol. The van der Waals surface area contributed by atoms with Gasteiger partial charge in [0.1, 0.15) is 0 Å². The van der Waals surface area contributed by atoms with Crippen LogP contribution in [-0.4, -0.2) is 34.8 Å². The summed E-state index contributed by atoms with van der Waals surface area (Å²) in [6.45, 7) is 3.42. The van der Waals surface area contributed by atoms with Gasteiger partial charge in [-0.15, -0.1) is 11.3 Å². The van der Waals surface area contributed by atoms with Crippen molar-refractivity contribution in [3.8, 4) is 10.6 Å². The summed E-state index contributed by atoms with van der Waals surface area (Å²) in [4.78, 5) is 19.0. The molecular formula is C21H20N4O3S2. The summed E-state index contributed by atoms with van der Waals surface area (Å²) in [5, 5.41) is 9.88. The smallest absolute Gasteiger partial charge is 0.256 e. The van der Waals surface area contributed by atoms with E-state index >= 15 is 0 Å². The number of carbonyl (C=O) groups is 1. The molecule has 0 atom stereocenters. The van der Waals surface area contributed by atoms with Gasteiger partial charge in [0.2, 0.25) is 0 Å². The lowest BCUT2D eigenvalue weighted by Crippen LogP contribution is -2.14. The van der Waals surface area contributed by atoms with Gasteiger partial charge in [-0.05, 0) is 42.6 Å². The van der Waals surface area contributed by atoms with Gasteiger partial charge in [-0.1, -0.05) is 19.1 Å². The highest BCUT2D eigenvalue weighted by Gasteiger charge is 2.20. The molecule has 4 rings (SSSR count). The average molecular weight is 441 g/mol. The van der Waals surface area contributed by atoms with Crippen molar-refractivity contribution in [3.63, 3.8) is 0 Å². The molecule has 1 aromatic carbocycles. The van der Waals surface area contributed by atoms with Gasteiger partial charge >= 0.3 is 0 Å². The van der Waals surface area contributed by atoms with E-state index in [9.17, 15) is 13.2 Å². The van der Waals surface area contributed by atoms with Crippen molar-refractivity contribution in [3.05, 3.63) is 59.1 Å². The number of hydrogen-bond acceptors (Lipinski definition) is 6. The van der Waals surface area contributed by atoms with Crippen molar-refractivity contribution in [1.29, 1.82) is 0 Å². The standard InChI is InChI=1S/C21H20N4O3S2/c1-4-30(27,28)15-8-5-7-14(11-15)22-21(26)16-12-17(18-9-6-10-29-18)23-20-19(16)13(2)24-25(20)3/h5-12H,4H2,1-3H3,(H,22,26). The number of rotatable bonds is 5. The van der Waals surface area contributed by atoms with Gasteiger partial charge in [-0.25, -0.2) is 13.4 Å². The molecule has 0 radical (unpaired) electrons. The third kappa shape index (κ3) is 3.61. The maximum Gasteiger partial charge on any atom is 0.256 e. The summed E-state index contributed by atoms with van der Waals surface area (Å²) >= 11 is 1.54. The molecule has 0 bridgehead atoms. The Morgan fingerprint density at radius 3 is 2.70 bits per heavy atom. The number of pyridine rings is 1. The average Bonchev–Trinajstić information content (AvgIpc) is 3.36. The van der Waals surface area contributed by atoms with Gasteiger partial charge in [-0.2, -0.15) is 5.10 Å². The van der Waals surface area contributed by atoms with E-state index in [1.807, 2.05) is 24.4 Å². The van der Waals surface area contributed by atoms with Crippen LogP contribution in [0.15, 0.2) is 52.7 Å². The fourth-order valence-electron chi connectivity index (χ4n) is 3.31. The van der Waals surface area contributed by atoms with Crippen molar-refractivity contribution >= 4 is 43.8 Å². The zero-order valence-electron chi connectivity index (χ0n) is 16.7. The van der Waals surface area contributed by atoms with E-state index in [0.29, 0.717) is 33.7 Å². The summed E-state index contributed by atoms with van der Waals surface area (Å²) in [5.41, 5.74) is 2.86. The molecule has 0 aliphatic heterocycles. The second kappa shape index (κ2) is 7.66. The van der Waals surface area contributed by atoms with Crippen molar-refractivity contribution in [2.24, 2.45) is 7.05 Å². The van der Waals surface area contributed by atoms with E-state index in [2.05, 4.69) is 10.4 Å². The summed E-state index contributed by atoms with van der Waals surface area (Å²) in [5.74, 6) is -0.351. The van der Waals surface area contributed by atoms with Gasteiger partial charge in [0.15, 0.2) is 15.5 Å². The number of nitrogens with zero attached hydrogens (tertiary/aromatic N) is 3. The normalized spacial score (nSPS) is 11.7. The first-order valence-electron chi connectivity index (χ1n) is 9.32. The number of thiophene rings is 1. The molecule has 0 aliphatic rings. The highest BCUT2D eigenvalue weighted by Crippen LogP contribution is 2.30. The molecule has 0 spiro atoms. The number of carbonyl (C=O) groups excluding carboxylic acids is 1. The van der Waals surface area contributed by atoms with Crippen molar-refractivity contribution in [2.75, 3.05) is 11.1 Å². The third-order valence-electron chi connectivity index (χ3n) is 4.82. The fraction of sp³-hybridized carbons (Fsp3) is 0.190. The largest absolute Gasteiger partial charge is 0.322 e. The van der Waals surface area contributed by atoms with Crippen LogP contribution in [0.1, 0.15) is 23.0 Å². The Labute approximate surface area is 178 Å². The molecule has 0 aliphatic carbocycles. The molecule has 3 heterocycles. The van der Waals surface area contributed by atoms with Crippen LogP contribution in [0.3, 0.4) is 0 Å². The highest BCUT2D eigenvalue weighted by atomic mass is 32.2. The van der Waals surface area contributed by atoms with Crippen molar-refractivity contribution in [2.45, 2.75) is 18.7 Å². The second-order valence-electron chi connectivity index (χ2n) is 6.83. The minimum Gasteiger partial charge on any atom is -0.322 e. The Morgan fingerprint density at radius 2 is 2.00 bits per heavy atom. The third-order valence-corrected chi connectivity index (χ3v) is 7.44. The molecule has 30 heavy (non-hydrogen) atoms. The Hall–Kier alpha value is -3.04. The zero-order chi connectivity index (χ0) is 21.5. The number of sulfone groups is 1. The number of aromatic nitrogens is 3. The van der Waals surface area contributed by atoms with Gasteiger partial charge < -0.3 is 5.32 Å². The first-order chi connectivity index (χ1) is 14.3. The maximum absolute atomic E-state index is 13.2. The summed E-state index contributed by atoms with van der Waals surface area (Å²) in [6, 6.07) is 11.9.